The summed E-state index contributed by atoms with van der Waals surface area (Å²) in [6.45, 7) is 8.17. The van der Waals surface area contributed by atoms with Crippen LogP contribution in [-0.2, 0) is 18.6 Å². The van der Waals surface area contributed by atoms with Gasteiger partial charge in [0.2, 0.25) is 7.37 Å². The molecule has 158 valence electrons. The van der Waals surface area contributed by atoms with Crippen molar-refractivity contribution in [2.75, 3.05) is 31.3 Å². The zero-order valence-electron chi connectivity index (χ0n) is 17.2. The van der Waals surface area contributed by atoms with Crippen LogP contribution in [0.3, 0.4) is 0 Å². The first-order valence-electron chi connectivity index (χ1n) is 9.66. The Bertz CT molecular complexity index is 693. The van der Waals surface area contributed by atoms with Crippen molar-refractivity contribution in [3.8, 4) is 5.75 Å². The molecule has 0 aliphatic carbocycles. The number of carbonyl (C=O) groups excluding carboxylic acids is 1. The molecular formula is C20H32NO5PS. The number of hydrogen-bond acceptors (Lipinski definition) is 7. The van der Waals surface area contributed by atoms with E-state index in [-0.39, 0.29) is 24.4 Å². The second-order valence-electron chi connectivity index (χ2n) is 6.74. The third-order valence-electron chi connectivity index (χ3n) is 3.69. The number of carbonyl (C=O) groups is 1. The molecule has 1 unspecified atom stereocenters. The van der Waals surface area contributed by atoms with Crippen molar-refractivity contribution in [1.82, 2.24) is 4.98 Å². The molecule has 0 radical (unpaired) electrons. The van der Waals surface area contributed by atoms with E-state index in [1.54, 1.807) is 25.3 Å². The van der Waals surface area contributed by atoms with Crippen molar-refractivity contribution in [3.05, 3.63) is 30.0 Å². The molecule has 8 heteroatoms. The minimum atomic E-state index is -2.94. The molecule has 0 aromatic carbocycles. The molecule has 1 aromatic heterocycles. The molecule has 0 fully saturated rings. The Hall–Kier alpha value is -1.30. The normalized spacial score (nSPS) is 14.1. The number of allylic oxidation sites excluding steroid dienone is 1. The molecular weight excluding hydrogens is 397 g/mol. The fraction of sp³-hybridized carbons (Fsp3) is 0.600. The molecule has 0 amide bonds. The predicted octanol–water partition coefficient (Wildman–Crippen LogP) is 5.12. The summed E-state index contributed by atoms with van der Waals surface area (Å²) in [6, 6.07) is 3.29. The molecule has 6 nitrogen and oxygen atoms in total. The van der Waals surface area contributed by atoms with Crippen LogP contribution in [0.25, 0.3) is 0 Å². The van der Waals surface area contributed by atoms with Crippen LogP contribution in [0.2, 0.25) is 0 Å². The zero-order valence-corrected chi connectivity index (χ0v) is 18.9. The lowest BCUT2D eigenvalue weighted by Crippen LogP contribution is -2.14. The number of hydrogen-bond donors (Lipinski definition) is 1. The third-order valence-corrected chi connectivity index (χ3v) is 7.60. The Morgan fingerprint density at radius 1 is 1.36 bits per heavy atom. The molecule has 1 rings (SSSR count). The molecule has 0 aliphatic rings. The number of esters is 1. The lowest BCUT2D eigenvalue weighted by atomic mass is 10.2. The maximum atomic E-state index is 13.1. The van der Waals surface area contributed by atoms with E-state index in [0.29, 0.717) is 29.8 Å². The Balaban J connectivity index is 2.73. The van der Waals surface area contributed by atoms with Crippen LogP contribution in [0.4, 0.5) is 0 Å². The smallest absolute Gasteiger partial charge is 0.334 e. The van der Waals surface area contributed by atoms with E-state index in [1.807, 2.05) is 26.8 Å². The maximum Gasteiger partial charge on any atom is 0.334 e. The summed E-state index contributed by atoms with van der Waals surface area (Å²) in [6.07, 6.45) is 5.41. The van der Waals surface area contributed by atoms with E-state index in [0.717, 1.165) is 12.2 Å². The van der Waals surface area contributed by atoms with Gasteiger partial charge in [0, 0.05) is 17.9 Å². The van der Waals surface area contributed by atoms with Crippen molar-refractivity contribution >= 4 is 25.1 Å². The van der Waals surface area contributed by atoms with Crippen molar-refractivity contribution < 1.29 is 23.7 Å². The molecule has 0 saturated carbocycles. The van der Waals surface area contributed by atoms with E-state index >= 15 is 0 Å². The summed E-state index contributed by atoms with van der Waals surface area (Å²) in [5.41, 5.74) is 0.421. The van der Waals surface area contributed by atoms with E-state index in [1.165, 1.54) is 11.8 Å². The number of rotatable bonds is 13. The lowest BCUT2D eigenvalue weighted by molar-refractivity contribution is -0.138. The number of pyridine rings is 1. The number of aromatic hydroxyl groups is 1. The Kier molecular flexibility index (Phi) is 11.5. The molecule has 0 bridgehead atoms. The summed E-state index contributed by atoms with van der Waals surface area (Å²) in [5.74, 6) is 0.692. The highest BCUT2D eigenvalue weighted by Gasteiger charge is 2.28. The van der Waals surface area contributed by atoms with Crippen LogP contribution < -0.4 is 0 Å². The van der Waals surface area contributed by atoms with E-state index in [2.05, 4.69) is 4.98 Å². The standard InChI is InChI=1S/C20H32NO5PS/c1-5-25-20(23)17(15-27(24,26-6-2)14-16(3)4)10-7-8-13-28-19-18(22)11-9-12-21-19/h9-12,16,22H,5-8,13-15H2,1-4H3. The fourth-order valence-corrected chi connectivity index (χ4v) is 6.21. The first-order valence-corrected chi connectivity index (χ1v) is 12.6. The topological polar surface area (TPSA) is 85.7 Å². The second-order valence-corrected chi connectivity index (χ2v) is 10.4. The third kappa shape index (κ3) is 9.26. The SMILES string of the molecule is CCOC(=O)C(=CCCCSc1ncccc1O)CP(=O)(CC(C)C)OCC. The number of aromatic nitrogens is 1. The molecule has 1 heterocycles. The summed E-state index contributed by atoms with van der Waals surface area (Å²) >= 11 is 1.46. The number of unbranched alkanes of at least 4 members (excludes halogenated alkanes) is 1. The molecule has 0 saturated heterocycles. The van der Waals surface area contributed by atoms with Crippen molar-refractivity contribution in [2.45, 2.75) is 45.6 Å². The molecule has 0 spiro atoms. The minimum Gasteiger partial charge on any atom is -0.505 e. The van der Waals surface area contributed by atoms with Gasteiger partial charge in [-0.1, -0.05) is 19.9 Å². The largest absolute Gasteiger partial charge is 0.505 e. The molecule has 0 aliphatic heterocycles. The summed E-state index contributed by atoms with van der Waals surface area (Å²) in [5, 5.41) is 10.3. The van der Waals surface area contributed by atoms with Crippen molar-refractivity contribution in [3.63, 3.8) is 0 Å². The van der Waals surface area contributed by atoms with E-state index in [9.17, 15) is 14.5 Å². The summed E-state index contributed by atoms with van der Waals surface area (Å²) in [4.78, 5) is 16.5. The van der Waals surface area contributed by atoms with Gasteiger partial charge in [-0.05, 0) is 50.5 Å². The highest BCUT2D eigenvalue weighted by atomic mass is 32.2. The first kappa shape index (κ1) is 24.7. The number of thioether (sulfide) groups is 1. The van der Waals surface area contributed by atoms with Gasteiger partial charge >= 0.3 is 5.97 Å². The van der Waals surface area contributed by atoms with Crippen LogP contribution in [0, 0.1) is 5.92 Å². The highest BCUT2D eigenvalue weighted by molar-refractivity contribution is 7.99. The fourth-order valence-electron chi connectivity index (χ4n) is 2.67. The van der Waals surface area contributed by atoms with Crippen molar-refractivity contribution in [1.29, 1.82) is 0 Å². The van der Waals surface area contributed by atoms with Crippen LogP contribution in [-0.4, -0.2) is 47.4 Å². The van der Waals surface area contributed by atoms with Gasteiger partial charge in [-0.2, -0.15) is 0 Å². The van der Waals surface area contributed by atoms with Gasteiger partial charge in [-0.3, -0.25) is 4.57 Å². The number of nitrogens with zero attached hydrogens (tertiary/aromatic N) is 1. The molecule has 28 heavy (non-hydrogen) atoms. The van der Waals surface area contributed by atoms with Gasteiger partial charge in [-0.25, -0.2) is 9.78 Å². The average molecular weight is 430 g/mol. The van der Waals surface area contributed by atoms with Crippen LogP contribution >= 0.6 is 19.1 Å². The molecule has 1 atom stereocenters. The van der Waals surface area contributed by atoms with E-state index < -0.39 is 13.3 Å². The van der Waals surface area contributed by atoms with Gasteiger partial charge < -0.3 is 14.4 Å². The average Bonchev–Trinajstić information content (AvgIpc) is 2.61. The molecule has 1 N–H and O–H groups in total. The Labute approximate surface area is 172 Å². The Morgan fingerprint density at radius 3 is 2.71 bits per heavy atom. The van der Waals surface area contributed by atoms with Gasteiger partial charge in [0.05, 0.1) is 19.4 Å². The minimum absolute atomic E-state index is 0.103. The van der Waals surface area contributed by atoms with Gasteiger partial charge in [0.25, 0.3) is 0 Å². The summed E-state index contributed by atoms with van der Waals surface area (Å²) < 4.78 is 23.9. The summed E-state index contributed by atoms with van der Waals surface area (Å²) in [7, 11) is -2.94. The van der Waals surface area contributed by atoms with E-state index in [4.69, 9.17) is 9.26 Å². The van der Waals surface area contributed by atoms with Crippen molar-refractivity contribution in [2.24, 2.45) is 5.92 Å². The Morgan fingerprint density at radius 2 is 2.11 bits per heavy atom. The first-order chi connectivity index (χ1) is 13.3. The van der Waals surface area contributed by atoms with Crippen LogP contribution in [0.5, 0.6) is 5.75 Å². The highest BCUT2D eigenvalue weighted by Crippen LogP contribution is 2.50. The zero-order chi connectivity index (χ0) is 21.0. The predicted molar refractivity (Wildman–Crippen MR) is 114 cm³/mol. The van der Waals surface area contributed by atoms with Gasteiger partial charge in [0.15, 0.2) is 0 Å². The quantitative estimate of drug-likeness (QED) is 0.153. The monoisotopic (exact) mass is 429 g/mol. The molecule has 1 aromatic rings. The van der Waals surface area contributed by atoms with Crippen LogP contribution in [0.15, 0.2) is 35.0 Å². The number of ether oxygens (including phenoxy) is 1. The lowest BCUT2D eigenvalue weighted by Gasteiger charge is -2.20. The van der Waals surface area contributed by atoms with Gasteiger partial charge in [0.1, 0.15) is 10.8 Å². The maximum absolute atomic E-state index is 13.1. The van der Waals surface area contributed by atoms with Gasteiger partial charge in [-0.15, -0.1) is 11.8 Å². The van der Waals surface area contributed by atoms with Crippen LogP contribution in [0.1, 0.15) is 40.5 Å². The second kappa shape index (κ2) is 13.0.